The van der Waals surface area contributed by atoms with E-state index < -0.39 is 11.8 Å². The van der Waals surface area contributed by atoms with Crippen LogP contribution in [0.5, 0.6) is 5.75 Å². The number of hydrogen-bond donors (Lipinski definition) is 0. The molecule has 0 aliphatic rings. The number of carbonyl (C=O) groups excluding carboxylic acids is 1. The Bertz CT molecular complexity index is 292. The van der Waals surface area contributed by atoms with E-state index in [1.165, 1.54) is 13.0 Å². The Morgan fingerprint density at radius 1 is 1.50 bits per heavy atom. The summed E-state index contributed by atoms with van der Waals surface area (Å²) in [6.45, 7) is 1.23. The van der Waals surface area contributed by atoms with Gasteiger partial charge in [-0.15, -0.1) is 0 Å². The van der Waals surface area contributed by atoms with Gasteiger partial charge in [0.1, 0.15) is 11.6 Å². The lowest BCUT2D eigenvalue weighted by Crippen LogP contribution is -2.01. The SMILES string of the molecule is CC(=O)Oc1cc(F)cc(Cl)c1. The van der Waals surface area contributed by atoms with E-state index in [4.69, 9.17) is 11.6 Å². The molecule has 1 aromatic carbocycles. The quantitative estimate of drug-likeness (QED) is 0.500. The van der Waals surface area contributed by atoms with E-state index in [9.17, 15) is 9.18 Å². The number of esters is 1. The molecule has 2 nitrogen and oxygen atoms in total. The smallest absolute Gasteiger partial charge is 0.308 e. The van der Waals surface area contributed by atoms with Crippen LogP contribution >= 0.6 is 11.6 Å². The fraction of sp³-hybridized carbons (Fsp3) is 0.125. The van der Waals surface area contributed by atoms with Gasteiger partial charge in [-0.2, -0.15) is 0 Å². The Kier molecular flexibility index (Phi) is 2.65. The summed E-state index contributed by atoms with van der Waals surface area (Å²) in [4.78, 5) is 10.4. The second kappa shape index (κ2) is 3.54. The van der Waals surface area contributed by atoms with Crippen LogP contribution in [0.1, 0.15) is 6.92 Å². The molecule has 1 aromatic rings. The van der Waals surface area contributed by atoms with Gasteiger partial charge in [0.2, 0.25) is 0 Å². The van der Waals surface area contributed by atoms with Crippen LogP contribution in [0, 0.1) is 5.82 Å². The summed E-state index contributed by atoms with van der Waals surface area (Å²) >= 11 is 5.50. The highest BCUT2D eigenvalue weighted by molar-refractivity contribution is 6.30. The standard InChI is InChI=1S/C8H6ClFO2/c1-5(11)12-8-3-6(9)2-7(10)4-8/h2-4H,1H3. The van der Waals surface area contributed by atoms with Crippen molar-refractivity contribution in [3.63, 3.8) is 0 Å². The number of carbonyl (C=O) groups is 1. The lowest BCUT2D eigenvalue weighted by molar-refractivity contribution is -0.131. The maximum atomic E-state index is 12.6. The molecule has 0 saturated carbocycles. The largest absolute Gasteiger partial charge is 0.427 e. The first kappa shape index (κ1) is 9.00. The summed E-state index contributed by atoms with van der Waals surface area (Å²) < 4.78 is 17.2. The van der Waals surface area contributed by atoms with E-state index in [1.807, 2.05) is 0 Å². The van der Waals surface area contributed by atoms with Crippen molar-refractivity contribution in [2.24, 2.45) is 0 Å². The van der Waals surface area contributed by atoms with E-state index in [0.29, 0.717) is 0 Å². The maximum Gasteiger partial charge on any atom is 0.308 e. The lowest BCUT2D eigenvalue weighted by atomic mass is 10.3. The first-order valence-corrected chi connectivity index (χ1v) is 3.60. The molecule has 0 N–H and O–H groups in total. The van der Waals surface area contributed by atoms with Crippen molar-refractivity contribution in [1.29, 1.82) is 0 Å². The van der Waals surface area contributed by atoms with Gasteiger partial charge in [-0.05, 0) is 12.1 Å². The van der Waals surface area contributed by atoms with E-state index in [-0.39, 0.29) is 10.8 Å². The lowest BCUT2D eigenvalue weighted by Gasteiger charge is -2.00. The van der Waals surface area contributed by atoms with Crippen LogP contribution < -0.4 is 4.74 Å². The Labute approximate surface area is 73.9 Å². The monoisotopic (exact) mass is 188 g/mol. The number of rotatable bonds is 1. The molecular formula is C8H6ClFO2. The Hall–Kier alpha value is -1.09. The summed E-state index contributed by atoms with van der Waals surface area (Å²) in [7, 11) is 0. The maximum absolute atomic E-state index is 12.6. The van der Waals surface area contributed by atoms with Crippen molar-refractivity contribution < 1.29 is 13.9 Å². The third-order valence-electron chi connectivity index (χ3n) is 1.10. The molecule has 0 heterocycles. The van der Waals surface area contributed by atoms with Gasteiger partial charge in [0.05, 0.1) is 0 Å². The van der Waals surface area contributed by atoms with Crippen molar-refractivity contribution in [1.82, 2.24) is 0 Å². The first-order valence-electron chi connectivity index (χ1n) is 3.22. The third-order valence-corrected chi connectivity index (χ3v) is 1.32. The predicted octanol–water partition coefficient (Wildman–Crippen LogP) is 2.40. The molecule has 0 bridgehead atoms. The average Bonchev–Trinajstić information content (AvgIpc) is 1.81. The van der Waals surface area contributed by atoms with Gasteiger partial charge in [0.15, 0.2) is 0 Å². The average molecular weight is 189 g/mol. The van der Waals surface area contributed by atoms with Crippen LogP contribution in [-0.2, 0) is 4.79 Å². The molecule has 0 unspecified atom stereocenters. The van der Waals surface area contributed by atoms with Gasteiger partial charge >= 0.3 is 5.97 Å². The van der Waals surface area contributed by atoms with Crippen molar-refractivity contribution in [3.05, 3.63) is 29.0 Å². The molecule has 0 radical (unpaired) electrons. The number of hydrogen-bond acceptors (Lipinski definition) is 2. The third kappa shape index (κ3) is 2.51. The van der Waals surface area contributed by atoms with E-state index in [1.54, 1.807) is 0 Å². The molecule has 0 amide bonds. The summed E-state index contributed by atoms with van der Waals surface area (Å²) in [6.07, 6.45) is 0. The fourth-order valence-corrected chi connectivity index (χ4v) is 0.965. The zero-order valence-corrected chi connectivity index (χ0v) is 7.06. The van der Waals surface area contributed by atoms with Gasteiger partial charge in [0.25, 0.3) is 0 Å². The van der Waals surface area contributed by atoms with E-state index in [0.717, 1.165) is 12.1 Å². The van der Waals surface area contributed by atoms with Crippen molar-refractivity contribution in [3.8, 4) is 5.75 Å². The first-order chi connectivity index (χ1) is 5.58. The minimum absolute atomic E-state index is 0.118. The van der Waals surface area contributed by atoms with Crippen LogP contribution in [0.3, 0.4) is 0 Å². The molecular weight excluding hydrogens is 183 g/mol. The molecule has 1 rings (SSSR count). The normalized spacial score (nSPS) is 9.58. The Morgan fingerprint density at radius 2 is 2.17 bits per heavy atom. The summed E-state index contributed by atoms with van der Waals surface area (Å²) in [5.41, 5.74) is 0. The predicted molar refractivity (Wildman–Crippen MR) is 42.7 cm³/mol. The molecule has 0 aromatic heterocycles. The van der Waals surface area contributed by atoms with Gasteiger partial charge in [-0.25, -0.2) is 4.39 Å². The minimum Gasteiger partial charge on any atom is -0.427 e. The molecule has 0 fully saturated rings. The summed E-state index contributed by atoms with van der Waals surface area (Å²) in [6, 6.07) is 3.59. The van der Waals surface area contributed by atoms with Gasteiger partial charge in [0, 0.05) is 18.0 Å². The van der Waals surface area contributed by atoms with Crippen molar-refractivity contribution in [2.75, 3.05) is 0 Å². The summed E-state index contributed by atoms with van der Waals surface area (Å²) in [5, 5.41) is 0.200. The second-order valence-electron chi connectivity index (χ2n) is 2.20. The van der Waals surface area contributed by atoms with Crippen LogP contribution in [0.15, 0.2) is 18.2 Å². The number of halogens is 2. The molecule has 64 valence electrons. The van der Waals surface area contributed by atoms with Crippen LogP contribution in [0.25, 0.3) is 0 Å². The molecule has 0 saturated heterocycles. The van der Waals surface area contributed by atoms with Gasteiger partial charge < -0.3 is 4.74 Å². The van der Waals surface area contributed by atoms with Gasteiger partial charge in [-0.1, -0.05) is 11.6 Å². The minimum atomic E-state index is -0.529. The Balaban J connectivity index is 2.93. The molecule has 12 heavy (non-hydrogen) atoms. The highest BCUT2D eigenvalue weighted by atomic mass is 35.5. The van der Waals surface area contributed by atoms with Crippen molar-refractivity contribution >= 4 is 17.6 Å². The fourth-order valence-electron chi connectivity index (χ4n) is 0.753. The molecule has 4 heteroatoms. The van der Waals surface area contributed by atoms with Crippen LogP contribution in [0.2, 0.25) is 5.02 Å². The van der Waals surface area contributed by atoms with E-state index >= 15 is 0 Å². The highest BCUT2D eigenvalue weighted by Crippen LogP contribution is 2.19. The molecule has 0 atom stereocenters. The zero-order valence-electron chi connectivity index (χ0n) is 6.30. The molecule has 0 aliphatic carbocycles. The number of ether oxygens (including phenoxy) is 1. The Morgan fingerprint density at radius 3 is 2.67 bits per heavy atom. The van der Waals surface area contributed by atoms with Crippen LogP contribution in [0.4, 0.5) is 4.39 Å². The summed E-state index contributed by atoms with van der Waals surface area (Å²) in [5.74, 6) is -0.914. The van der Waals surface area contributed by atoms with Crippen LogP contribution in [-0.4, -0.2) is 5.97 Å². The highest BCUT2D eigenvalue weighted by Gasteiger charge is 2.01. The number of benzene rings is 1. The second-order valence-corrected chi connectivity index (χ2v) is 2.64. The molecule has 0 spiro atoms. The van der Waals surface area contributed by atoms with Gasteiger partial charge in [-0.3, -0.25) is 4.79 Å². The van der Waals surface area contributed by atoms with E-state index in [2.05, 4.69) is 4.74 Å². The zero-order chi connectivity index (χ0) is 9.14. The van der Waals surface area contributed by atoms with Crippen molar-refractivity contribution in [2.45, 2.75) is 6.92 Å². The topological polar surface area (TPSA) is 26.3 Å². The molecule has 0 aliphatic heterocycles.